The molecule has 0 aromatic carbocycles. The van der Waals surface area contributed by atoms with E-state index >= 15 is 0 Å². The predicted octanol–water partition coefficient (Wildman–Crippen LogP) is 24.0. The van der Waals surface area contributed by atoms with Gasteiger partial charge in [-0.25, -0.2) is 0 Å². The molecule has 3 unspecified atom stereocenters. The fourth-order valence-corrected chi connectivity index (χ4v) is 12.7. The zero-order chi connectivity index (χ0) is 45.6. The van der Waals surface area contributed by atoms with Gasteiger partial charge in [0.25, 0.3) is 0 Å². The summed E-state index contributed by atoms with van der Waals surface area (Å²) in [6.07, 6.45) is 75.0. The van der Waals surface area contributed by atoms with E-state index in [0.717, 1.165) is 0 Å². The van der Waals surface area contributed by atoms with Gasteiger partial charge in [0.2, 0.25) is 0 Å². The van der Waals surface area contributed by atoms with Gasteiger partial charge in [-0.2, -0.15) is 0 Å². The van der Waals surface area contributed by atoms with Crippen LogP contribution in [0.15, 0.2) is 0 Å². The van der Waals surface area contributed by atoms with Crippen LogP contribution in [0.5, 0.6) is 0 Å². The van der Waals surface area contributed by atoms with E-state index in [2.05, 4.69) is 55.4 Å². The van der Waals surface area contributed by atoms with Gasteiger partial charge >= 0.3 is 0 Å². The molecule has 0 aromatic heterocycles. The Hall–Kier alpha value is 0. The lowest BCUT2D eigenvalue weighted by molar-refractivity contribution is -0.127. The molecule has 62 heavy (non-hydrogen) atoms. The van der Waals surface area contributed by atoms with E-state index in [1.54, 1.807) is 32.1 Å². The highest BCUT2D eigenvalue weighted by Gasteiger charge is 2.57. The monoisotopic (exact) mass is 871 g/mol. The van der Waals surface area contributed by atoms with Gasteiger partial charge in [0.15, 0.2) is 0 Å². The van der Waals surface area contributed by atoms with Crippen molar-refractivity contribution in [2.45, 2.75) is 383 Å². The highest BCUT2D eigenvalue weighted by atomic mass is 14.6. The zero-order valence-corrected chi connectivity index (χ0v) is 45.6. The minimum atomic E-state index is 0.459. The highest BCUT2D eigenvalue weighted by molar-refractivity contribution is 5.07. The van der Waals surface area contributed by atoms with Crippen LogP contribution in [0.25, 0.3) is 0 Å². The second-order valence-electron chi connectivity index (χ2n) is 22.3. The molecule has 0 aromatic rings. The fourth-order valence-electron chi connectivity index (χ4n) is 12.7. The minimum absolute atomic E-state index is 0.459. The molecule has 0 amide bonds. The summed E-state index contributed by atoms with van der Waals surface area (Å²) in [4.78, 5) is 0. The van der Waals surface area contributed by atoms with E-state index in [1.165, 1.54) is 295 Å². The molecular weight excluding hydrogens is 745 g/mol. The first-order chi connectivity index (χ1) is 30.4. The summed E-state index contributed by atoms with van der Waals surface area (Å²) in [5.74, 6) is 0. The van der Waals surface area contributed by atoms with Gasteiger partial charge in [-0.05, 0) is 61.2 Å². The van der Waals surface area contributed by atoms with Crippen LogP contribution in [-0.4, -0.2) is 0 Å². The van der Waals surface area contributed by atoms with Crippen molar-refractivity contribution in [3.8, 4) is 0 Å². The van der Waals surface area contributed by atoms with Crippen LogP contribution in [-0.2, 0) is 0 Å². The quantitative estimate of drug-likeness (QED) is 0.0534. The average Bonchev–Trinajstić information content (AvgIpc) is 3.28. The molecule has 374 valence electrons. The SMILES string of the molecule is CCCCCCCCCCCC(CCCCCCCCC)(CCCCCCCCCC)C(CCCCCCC)(CCCCCCCC)C(C)(CCCC)CCCCCCCCC. The first-order valence-corrected chi connectivity index (χ1v) is 30.4. The zero-order valence-electron chi connectivity index (χ0n) is 45.6. The lowest BCUT2D eigenvalue weighted by atomic mass is 9.42. The second kappa shape index (κ2) is 46.1. The Bertz CT molecular complexity index is 843. The minimum Gasteiger partial charge on any atom is -0.0654 e. The molecule has 0 nitrogen and oxygen atoms in total. The highest BCUT2D eigenvalue weighted by Crippen LogP contribution is 2.67. The Labute approximate surface area is 397 Å². The molecule has 0 fully saturated rings. The van der Waals surface area contributed by atoms with Crippen molar-refractivity contribution in [2.75, 3.05) is 0 Å². The van der Waals surface area contributed by atoms with Gasteiger partial charge in [0, 0.05) is 0 Å². The van der Waals surface area contributed by atoms with Crippen LogP contribution >= 0.6 is 0 Å². The van der Waals surface area contributed by atoms with Crippen LogP contribution in [0, 0.1) is 16.2 Å². The molecule has 0 spiro atoms. The Kier molecular flexibility index (Phi) is 46.1. The maximum Gasteiger partial charge on any atom is -0.0187 e. The standard InChI is InChI=1S/C62H126/c1-9-16-23-29-34-36-40-45-50-57-61(55-48-43-38-32-26-19-12-4,56-49-44-39-35-30-24-17-10-2)62(58-51-41-28-21-14-6,59-52-46-33-27-20-13-5)60(8,53-22-15-7)54-47-42-37-31-25-18-11-3/h9-59H2,1-8H3. The molecule has 0 saturated carbocycles. The van der Waals surface area contributed by atoms with Crippen molar-refractivity contribution in [2.24, 2.45) is 16.2 Å². The Morgan fingerprint density at radius 1 is 0.177 bits per heavy atom. The Morgan fingerprint density at radius 3 is 0.597 bits per heavy atom. The second-order valence-corrected chi connectivity index (χ2v) is 22.3. The van der Waals surface area contributed by atoms with Crippen LogP contribution in [0.2, 0.25) is 0 Å². The molecule has 0 N–H and O–H groups in total. The number of rotatable bonds is 53. The predicted molar refractivity (Wildman–Crippen MR) is 288 cm³/mol. The fraction of sp³-hybridized carbons (Fsp3) is 1.00. The Balaban J connectivity index is 7.31. The summed E-state index contributed by atoms with van der Waals surface area (Å²) in [6.45, 7) is 19.8. The maximum absolute atomic E-state index is 2.98. The third kappa shape index (κ3) is 30.3. The smallest absolute Gasteiger partial charge is 0.0187 e. The topological polar surface area (TPSA) is 0 Å². The lowest BCUT2D eigenvalue weighted by Gasteiger charge is -2.62. The summed E-state index contributed by atoms with van der Waals surface area (Å²) in [7, 11) is 0. The first-order valence-electron chi connectivity index (χ1n) is 30.4. The Morgan fingerprint density at radius 2 is 0.355 bits per heavy atom. The van der Waals surface area contributed by atoms with Gasteiger partial charge in [0.1, 0.15) is 0 Å². The van der Waals surface area contributed by atoms with Crippen LogP contribution < -0.4 is 0 Å². The normalized spacial score (nSPS) is 14.9. The lowest BCUT2D eigenvalue weighted by Crippen LogP contribution is -2.53. The van der Waals surface area contributed by atoms with E-state index < -0.39 is 0 Å². The molecule has 0 aliphatic carbocycles. The van der Waals surface area contributed by atoms with Crippen LogP contribution in [0.4, 0.5) is 0 Å². The van der Waals surface area contributed by atoms with Gasteiger partial charge in [-0.3, -0.25) is 0 Å². The third-order valence-corrected chi connectivity index (χ3v) is 16.8. The molecule has 0 bridgehead atoms. The van der Waals surface area contributed by atoms with Gasteiger partial charge in [0.05, 0.1) is 0 Å². The number of unbranched alkanes of at least 4 members (excludes halogenated alkanes) is 37. The van der Waals surface area contributed by atoms with Crippen LogP contribution in [0.1, 0.15) is 383 Å². The summed E-state index contributed by atoms with van der Waals surface area (Å²) >= 11 is 0. The van der Waals surface area contributed by atoms with Crippen molar-refractivity contribution < 1.29 is 0 Å². The summed E-state index contributed by atoms with van der Waals surface area (Å²) in [5.41, 5.74) is 1.45. The molecule has 0 rings (SSSR count). The molecular formula is C62H126. The number of hydrogen-bond donors (Lipinski definition) is 0. The van der Waals surface area contributed by atoms with Crippen LogP contribution in [0.3, 0.4) is 0 Å². The summed E-state index contributed by atoms with van der Waals surface area (Å²) < 4.78 is 0. The van der Waals surface area contributed by atoms with E-state index in [1.807, 2.05) is 0 Å². The van der Waals surface area contributed by atoms with Gasteiger partial charge in [-0.15, -0.1) is 0 Å². The summed E-state index contributed by atoms with van der Waals surface area (Å²) in [5, 5.41) is 0. The van der Waals surface area contributed by atoms with Crippen molar-refractivity contribution >= 4 is 0 Å². The molecule has 0 saturated heterocycles. The third-order valence-electron chi connectivity index (χ3n) is 16.8. The molecule has 0 heteroatoms. The van der Waals surface area contributed by atoms with E-state index in [-0.39, 0.29) is 0 Å². The van der Waals surface area contributed by atoms with Crippen molar-refractivity contribution in [3.05, 3.63) is 0 Å². The summed E-state index contributed by atoms with van der Waals surface area (Å²) in [6, 6.07) is 0. The van der Waals surface area contributed by atoms with Gasteiger partial charge < -0.3 is 0 Å². The van der Waals surface area contributed by atoms with E-state index in [9.17, 15) is 0 Å². The number of hydrogen-bond acceptors (Lipinski definition) is 0. The largest absolute Gasteiger partial charge is 0.0654 e. The molecule has 0 aliphatic rings. The molecule has 0 heterocycles. The van der Waals surface area contributed by atoms with Crippen molar-refractivity contribution in [1.29, 1.82) is 0 Å². The molecule has 3 atom stereocenters. The first kappa shape index (κ1) is 62.0. The average molecular weight is 872 g/mol. The molecule has 0 aliphatic heterocycles. The maximum atomic E-state index is 2.98. The van der Waals surface area contributed by atoms with E-state index in [0.29, 0.717) is 16.2 Å². The van der Waals surface area contributed by atoms with Gasteiger partial charge in [-0.1, -0.05) is 338 Å². The molecule has 0 radical (unpaired) electrons. The van der Waals surface area contributed by atoms with E-state index in [4.69, 9.17) is 0 Å². The van der Waals surface area contributed by atoms with Crippen molar-refractivity contribution in [1.82, 2.24) is 0 Å². The van der Waals surface area contributed by atoms with Crippen molar-refractivity contribution in [3.63, 3.8) is 0 Å².